The summed E-state index contributed by atoms with van der Waals surface area (Å²) in [7, 11) is 0. The first-order chi connectivity index (χ1) is 10.2. The number of hydrogen-bond donors (Lipinski definition) is 1. The van der Waals surface area contributed by atoms with Gasteiger partial charge in [0.1, 0.15) is 17.4 Å². The Hall–Kier alpha value is -2.01. The summed E-state index contributed by atoms with van der Waals surface area (Å²) in [5.74, 6) is 0.524. The first kappa shape index (κ1) is 15.4. The van der Waals surface area contributed by atoms with Gasteiger partial charge in [0, 0.05) is 18.5 Å². The lowest BCUT2D eigenvalue weighted by atomic mass is 10.2. The number of carbonyl (C=O) groups is 1. The Morgan fingerprint density at radius 3 is 2.81 bits per heavy atom. The Bertz CT molecular complexity index is 560. The molecule has 1 unspecified atom stereocenters. The number of furan rings is 1. The van der Waals surface area contributed by atoms with Crippen LogP contribution in [0.5, 0.6) is 0 Å². The molecule has 0 bridgehead atoms. The maximum Gasteiger partial charge on any atom is 0.409 e. The number of fused-ring (bicyclic) bond motifs is 1. The number of rotatable bonds is 6. The highest BCUT2D eigenvalue weighted by Crippen LogP contribution is 2.25. The summed E-state index contributed by atoms with van der Waals surface area (Å²) in [6.45, 7) is 4.97. The van der Waals surface area contributed by atoms with Crippen LogP contribution in [-0.4, -0.2) is 35.8 Å². The van der Waals surface area contributed by atoms with Crippen molar-refractivity contribution in [1.29, 1.82) is 0 Å². The number of benzene rings is 1. The molecule has 0 aliphatic rings. The molecule has 0 fully saturated rings. The van der Waals surface area contributed by atoms with Crippen molar-refractivity contribution in [1.82, 2.24) is 4.90 Å². The molecule has 1 amide bonds. The van der Waals surface area contributed by atoms with E-state index < -0.39 is 6.10 Å². The van der Waals surface area contributed by atoms with Crippen LogP contribution in [0.4, 0.5) is 4.79 Å². The monoisotopic (exact) mass is 291 g/mol. The minimum Gasteiger partial charge on any atom is -0.458 e. The molecule has 114 valence electrons. The van der Waals surface area contributed by atoms with Gasteiger partial charge in [-0.1, -0.05) is 18.2 Å². The van der Waals surface area contributed by atoms with Crippen LogP contribution in [0.3, 0.4) is 0 Å². The van der Waals surface area contributed by atoms with Crippen molar-refractivity contribution in [2.75, 3.05) is 19.7 Å². The summed E-state index contributed by atoms with van der Waals surface area (Å²) < 4.78 is 10.6. The van der Waals surface area contributed by atoms with Gasteiger partial charge in [-0.05, 0) is 32.4 Å². The third-order valence-electron chi connectivity index (χ3n) is 3.35. The lowest BCUT2D eigenvalue weighted by Gasteiger charge is -2.20. The lowest BCUT2D eigenvalue weighted by Crippen LogP contribution is -2.33. The second-order valence-electron chi connectivity index (χ2n) is 4.77. The van der Waals surface area contributed by atoms with Gasteiger partial charge >= 0.3 is 6.09 Å². The molecule has 1 N–H and O–H groups in total. The number of amides is 1. The summed E-state index contributed by atoms with van der Waals surface area (Å²) >= 11 is 0. The summed E-state index contributed by atoms with van der Waals surface area (Å²) in [4.78, 5) is 13.2. The van der Waals surface area contributed by atoms with E-state index in [0.29, 0.717) is 31.9 Å². The van der Waals surface area contributed by atoms with Crippen LogP contribution < -0.4 is 0 Å². The maximum atomic E-state index is 11.7. The van der Waals surface area contributed by atoms with Crippen molar-refractivity contribution in [3.63, 3.8) is 0 Å². The Balaban J connectivity index is 1.97. The molecule has 0 saturated carbocycles. The first-order valence-corrected chi connectivity index (χ1v) is 7.24. The quantitative estimate of drug-likeness (QED) is 0.886. The Kier molecular flexibility index (Phi) is 5.22. The molecule has 1 aromatic heterocycles. The van der Waals surface area contributed by atoms with Gasteiger partial charge in [0.05, 0.1) is 6.61 Å². The first-order valence-electron chi connectivity index (χ1n) is 7.24. The van der Waals surface area contributed by atoms with Crippen LogP contribution in [0.25, 0.3) is 11.0 Å². The average Bonchev–Trinajstić information content (AvgIpc) is 2.92. The Labute approximate surface area is 124 Å². The van der Waals surface area contributed by atoms with Crippen molar-refractivity contribution in [2.45, 2.75) is 26.4 Å². The second-order valence-corrected chi connectivity index (χ2v) is 4.77. The molecular formula is C16H21NO4. The zero-order valence-electron chi connectivity index (χ0n) is 12.4. The van der Waals surface area contributed by atoms with Crippen LogP contribution in [0.2, 0.25) is 0 Å². The molecular weight excluding hydrogens is 270 g/mol. The highest BCUT2D eigenvalue weighted by molar-refractivity contribution is 5.77. The molecule has 2 aromatic rings. The van der Waals surface area contributed by atoms with Crippen LogP contribution >= 0.6 is 0 Å². The van der Waals surface area contributed by atoms with Crippen molar-refractivity contribution < 1.29 is 19.1 Å². The predicted octanol–water partition coefficient (Wildman–Crippen LogP) is 3.33. The van der Waals surface area contributed by atoms with Crippen LogP contribution in [-0.2, 0) is 4.74 Å². The van der Waals surface area contributed by atoms with E-state index in [1.165, 1.54) is 0 Å². The molecule has 21 heavy (non-hydrogen) atoms. The van der Waals surface area contributed by atoms with Gasteiger partial charge in [0.15, 0.2) is 0 Å². The molecule has 1 aromatic carbocycles. The lowest BCUT2D eigenvalue weighted by molar-refractivity contribution is 0.0921. The van der Waals surface area contributed by atoms with Crippen molar-refractivity contribution in [3.8, 4) is 0 Å². The highest BCUT2D eigenvalue weighted by Gasteiger charge is 2.17. The summed E-state index contributed by atoms with van der Waals surface area (Å²) in [5, 5.41) is 11.2. The van der Waals surface area contributed by atoms with E-state index in [9.17, 15) is 9.90 Å². The molecule has 0 aliphatic carbocycles. The third kappa shape index (κ3) is 3.76. The average molecular weight is 291 g/mol. The van der Waals surface area contributed by atoms with Gasteiger partial charge in [-0.2, -0.15) is 0 Å². The van der Waals surface area contributed by atoms with Crippen LogP contribution in [0.1, 0.15) is 32.1 Å². The molecule has 5 heteroatoms. The molecule has 0 spiro atoms. The van der Waals surface area contributed by atoms with E-state index in [1.54, 1.807) is 11.8 Å². The van der Waals surface area contributed by atoms with Crippen LogP contribution in [0.15, 0.2) is 34.7 Å². The molecule has 1 atom stereocenters. The fraction of sp³-hybridized carbons (Fsp3) is 0.438. The maximum absolute atomic E-state index is 11.7. The number of aliphatic hydroxyl groups excluding tert-OH is 1. The van der Waals surface area contributed by atoms with E-state index in [2.05, 4.69) is 0 Å². The number of para-hydroxylation sites is 1. The minimum atomic E-state index is -0.735. The number of nitrogens with zero attached hydrogens (tertiary/aromatic N) is 1. The smallest absolute Gasteiger partial charge is 0.409 e. The minimum absolute atomic E-state index is 0.349. The number of hydrogen-bond acceptors (Lipinski definition) is 4. The zero-order chi connectivity index (χ0) is 15.2. The van der Waals surface area contributed by atoms with E-state index >= 15 is 0 Å². The fourth-order valence-corrected chi connectivity index (χ4v) is 2.18. The Morgan fingerprint density at radius 2 is 2.14 bits per heavy atom. The molecule has 0 aliphatic heterocycles. The summed E-state index contributed by atoms with van der Waals surface area (Å²) in [6.07, 6.45) is -0.676. The van der Waals surface area contributed by atoms with Gasteiger partial charge in [-0.3, -0.25) is 0 Å². The van der Waals surface area contributed by atoms with E-state index in [4.69, 9.17) is 9.15 Å². The predicted molar refractivity (Wildman–Crippen MR) is 80.1 cm³/mol. The van der Waals surface area contributed by atoms with E-state index in [1.807, 2.05) is 37.3 Å². The van der Waals surface area contributed by atoms with Gasteiger partial charge in [-0.15, -0.1) is 0 Å². The highest BCUT2D eigenvalue weighted by atomic mass is 16.6. The van der Waals surface area contributed by atoms with Crippen molar-refractivity contribution in [2.24, 2.45) is 0 Å². The van der Waals surface area contributed by atoms with Crippen molar-refractivity contribution >= 4 is 17.1 Å². The van der Waals surface area contributed by atoms with Crippen molar-refractivity contribution in [3.05, 3.63) is 36.1 Å². The summed E-state index contributed by atoms with van der Waals surface area (Å²) in [6, 6.07) is 9.45. The molecule has 0 saturated heterocycles. The molecule has 1 heterocycles. The Morgan fingerprint density at radius 1 is 1.38 bits per heavy atom. The third-order valence-corrected chi connectivity index (χ3v) is 3.35. The van der Waals surface area contributed by atoms with E-state index in [0.717, 1.165) is 11.0 Å². The van der Waals surface area contributed by atoms with Crippen LogP contribution in [0, 0.1) is 0 Å². The SMILES string of the molecule is CCOC(=O)N(CC)CCC(O)c1cc2ccccc2o1. The second kappa shape index (κ2) is 7.13. The van der Waals surface area contributed by atoms with Gasteiger partial charge < -0.3 is 19.2 Å². The molecule has 2 rings (SSSR count). The van der Waals surface area contributed by atoms with Gasteiger partial charge in [0.25, 0.3) is 0 Å². The number of aliphatic hydroxyl groups is 1. The van der Waals surface area contributed by atoms with E-state index in [-0.39, 0.29) is 6.09 Å². The number of carbonyl (C=O) groups excluding carboxylic acids is 1. The number of ether oxygens (including phenoxy) is 1. The van der Waals surface area contributed by atoms with Gasteiger partial charge in [-0.25, -0.2) is 4.79 Å². The standard InChI is InChI=1S/C16H21NO4/c1-3-17(16(19)20-4-2)10-9-13(18)15-11-12-7-5-6-8-14(12)21-15/h5-8,11,13,18H,3-4,9-10H2,1-2H3. The largest absolute Gasteiger partial charge is 0.458 e. The van der Waals surface area contributed by atoms with Gasteiger partial charge in [0.2, 0.25) is 0 Å². The summed E-state index contributed by atoms with van der Waals surface area (Å²) in [5.41, 5.74) is 0.754. The topological polar surface area (TPSA) is 62.9 Å². The zero-order valence-corrected chi connectivity index (χ0v) is 12.4. The molecule has 0 radical (unpaired) electrons. The fourth-order valence-electron chi connectivity index (χ4n) is 2.18. The normalized spacial score (nSPS) is 12.3. The molecule has 5 nitrogen and oxygen atoms in total.